The molecule has 0 atom stereocenters. The van der Waals surface area contributed by atoms with Gasteiger partial charge in [-0.05, 0) is 64.5 Å². The van der Waals surface area contributed by atoms with Crippen LogP contribution in [0.1, 0.15) is 16.3 Å². The van der Waals surface area contributed by atoms with Crippen molar-refractivity contribution in [1.29, 1.82) is 0 Å². The number of rotatable bonds is 6. The molecule has 0 bridgehead atoms. The van der Waals surface area contributed by atoms with Crippen LogP contribution in [-0.2, 0) is 6.61 Å². The van der Waals surface area contributed by atoms with Crippen LogP contribution in [0.25, 0.3) is 0 Å². The molecular weight excluding hydrogens is 388 g/mol. The monoisotopic (exact) mass is 402 g/mol. The number of carbonyl (C=O) groups excluding carboxylic acids is 1. The molecule has 3 aromatic rings. The van der Waals surface area contributed by atoms with Crippen LogP contribution in [0.2, 0.25) is 0 Å². The lowest BCUT2D eigenvalue weighted by atomic mass is 10.3. The summed E-state index contributed by atoms with van der Waals surface area (Å²) in [6.45, 7) is 0.218. The zero-order chi connectivity index (χ0) is 17.6. The summed E-state index contributed by atoms with van der Waals surface area (Å²) in [5, 5.41) is 2.67. The highest BCUT2D eigenvalue weighted by atomic mass is 79.9. The summed E-state index contributed by atoms with van der Waals surface area (Å²) < 4.78 is 17.1. The second-order valence-electron chi connectivity index (χ2n) is 5.05. The van der Waals surface area contributed by atoms with Crippen LogP contribution < -0.4 is 14.8 Å². The Labute approximate surface area is 152 Å². The number of ether oxygens (including phenoxy) is 2. The Morgan fingerprint density at radius 2 is 1.88 bits per heavy atom. The Morgan fingerprint density at radius 1 is 1.12 bits per heavy atom. The molecule has 1 amide bonds. The van der Waals surface area contributed by atoms with E-state index >= 15 is 0 Å². The molecule has 0 saturated heterocycles. The maximum atomic E-state index is 12.1. The van der Waals surface area contributed by atoms with E-state index in [9.17, 15) is 4.79 Å². The summed E-state index contributed by atoms with van der Waals surface area (Å²) in [5.74, 6) is 2.25. The molecule has 0 aliphatic rings. The molecule has 1 N–H and O–H groups in total. The van der Waals surface area contributed by atoms with Crippen LogP contribution in [0.5, 0.6) is 11.5 Å². The average Bonchev–Trinajstić information content (AvgIpc) is 3.11. The van der Waals surface area contributed by atoms with Gasteiger partial charge in [0.1, 0.15) is 29.7 Å². The number of anilines is 1. The summed E-state index contributed by atoms with van der Waals surface area (Å²) in [6.07, 6.45) is 1.60. The van der Waals surface area contributed by atoms with E-state index in [0.717, 1.165) is 10.2 Å². The molecule has 1 aromatic carbocycles. The Balaban J connectivity index is 1.57. The first kappa shape index (κ1) is 17.0. The SMILES string of the molecule is COc1ccc(OCc2ccc(C(=O)Nc3ccc(Br)cn3)o2)cc1. The predicted molar refractivity (Wildman–Crippen MR) is 95.9 cm³/mol. The van der Waals surface area contributed by atoms with E-state index in [1.165, 1.54) is 0 Å². The van der Waals surface area contributed by atoms with Gasteiger partial charge in [-0.2, -0.15) is 0 Å². The molecule has 3 rings (SSSR count). The number of benzene rings is 1. The summed E-state index contributed by atoms with van der Waals surface area (Å²) in [7, 11) is 1.61. The number of methoxy groups -OCH3 is 1. The van der Waals surface area contributed by atoms with Crippen LogP contribution in [0.15, 0.2) is 63.6 Å². The van der Waals surface area contributed by atoms with E-state index < -0.39 is 0 Å². The smallest absolute Gasteiger partial charge is 0.292 e. The van der Waals surface area contributed by atoms with Gasteiger partial charge in [0.15, 0.2) is 5.76 Å². The molecule has 0 unspecified atom stereocenters. The maximum Gasteiger partial charge on any atom is 0.292 e. The highest BCUT2D eigenvalue weighted by molar-refractivity contribution is 9.10. The molecule has 7 heteroatoms. The van der Waals surface area contributed by atoms with E-state index in [0.29, 0.717) is 17.3 Å². The lowest BCUT2D eigenvalue weighted by molar-refractivity contribution is 0.0992. The number of hydrogen-bond acceptors (Lipinski definition) is 5. The molecule has 128 valence electrons. The Hall–Kier alpha value is -2.80. The first-order chi connectivity index (χ1) is 12.1. The largest absolute Gasteiger partial charge is 0.497 e. The van der Waals surface area contributed by atoms with Crippen molar-refractivity contribution in [3.8, 4) is 11.5 Å². The van der Waals surface area contributed by atoms with Crippen LogP contribution in [0.4, 0.5) is 5.82 Å². The van der Waals surface area contributed by atoms with Crippen LogP contribution in [-0.4, -0.2) is 18.0 Å². The number of furan rings is 1. The fourth-order valence-corrected chi connectivity index (χ4v) is 2.27. The lowest BCUT2D eigenvalue weighted by Crippen LogP contribution is -2.11. The van der Waals surface area contributed by atoms with Crippen molar-refractivity contribution in [1.82, 2.24) is 4.98 Å². The minimum absolute atomic E-state index is 0.193. The average molecular weight is 403 g/mol. The van der Waals surface area contributed by atoms with E-state index in [4.69, 9.17) is 13.9 Å². The normalized spacial score (nSPS) is 10.3. The third kappa shape index (κ3) is 4.60. The third-order valence-electron chi connectivity index (χ3n) is 3.29. The molecular formula is C18H15BrN2O4. The van der Waals surface area contributed by atoms with Crippen molar-refractivity contribution < 1.29 is 18.7 Å². The van der Waals surface area contributed by atoms with Gasteiger partial charge in [0.05, 0.1) is 7.11 Å². The minimum Gasteiger partial charge on any atom is -0.497 e. The summed E-state index contributed by atoms with van der Waals surface area (Å²) in [5.41, 5.74) is 0. The second-order valence-corrected chi connectivity index (χ2v) is 5.96. The highest BCUT2D eigenvalue weighted by Gasteiger charge is 2.12. The molecule has 0 aliphatic heterocycles. The number of halogens is 1. The Kier molecular flexibility index (Phi) is 5.35. The molecule has 2 aromatic heterocycles. The molecule has 6 nitrogen and oxygen atoms in total. The predicted octanol–water partition coefficient (Wildman–Crippen LogP) is 4.28. The summed E-state index contributed by atoms with van der Waals surface area (Å²) >= 11 is 3.29. The number of carbonyl (C=O) groups is 1. The van der Waals surface area contributed by atoms with Gasteiger partial charge in [-0.25, -0.2) is 4.98 Å². The van der Waals surface area contributed by atoms with Crippen LogP contribution >= 0.6 is 15.9 Å². The van der Waals surface area contributed by atoms with Crippen molar-refractivity contribution in [2.24, 2.45) is 0 Å². The Morgan fingerprint density at radius 3 is 2.56 bits per heavy atom. The fourth-order valence-electron chi connectivity index (χ4n) is 2.03. The molecule has 0 spiro atoms. The molecule has 0 radical (unpaired) electrons. The fraction of sp³-hybridized carbons (Fsp3) is 0.111. The molecule has 2 heterocycles. The maximum absolute atomic E-state index is 12.1. The number of pyridine rings is 1. The van der Waals surface area contributed by atoms with Crippen molar-refractivity contribution in [3.05, 3.63) is 70.7 Å². The number of nitrogens with zero attached hydrogens (tertiary/aromatic N) is 1. The standard InChI is InChI=1S/C18H15BrN2O4/c1-23-13-3-5-14(6-4-13)24-11-15-7-8-16(25-15)18(22)21-17-9-2-12(19)10-20-17/h2-10H,11H2,1H3,(H,20,21,22). The lowest BCUT2D eigenvalue weighted by Gasteiger charge is -2.05. The topological polar surface area (TPSA) is 73.6 Å². The van der Waals surface area contributed by atoms with Gasteiger partial charge >= 0.3 is 0 Å². The van der Waals surface area contributed by atoms with Gasteiger partial charge in [0.2, 0.25) is 0 Å². The first-order valence-corrected chi connectivity index (χ1v) is 8.22. The van der Waals surface area contributed by atoms with Crippen LogP contribution in [0.3, 0.4) is 0 Å². The van der Waals surface area contributed by atoms with E-state index in [-0.39, 0.29) is 18.3 Å². The molecule has 0 fully saturated rings. The van der Waals surface area contributed by atoms with Crippen molar-refractivity contribution >= 4 is 27.7 Å². The van der Waals surface area contributed by atoms with Gasteiger partial charge in [-0.3, -0.25) is 4.79 Å². The zero-order valence-corrected chi connectivity index (χ0v) is 14.9. The first-order valence-electron chi connectivity index (χ1n) is 7.42. The zero-order valence-electron chi connectivity index (χ0n) is 13.4. The van der Waals surface area contributed by atoms with Gasteiger partial charge in [0.25, 0.3) is 5.91 Å². The second kappa shape index (κ2) is 7.85. The number of aromatic nitrogens is 1. The Bertz CT molecular complexity index is 844. The molecule has 25 heavy (non-hydrogen) atoms. The van der Waals surface area contributed by atoms with Gasteiger partial charge in [-0.15, -0.1) is 0 Å². The van der Waals surface area contributed by atoms with Crippen LogP contribution in [0, 0.1) is 0 Å². The molecule has 0 aliphatic carbocycles. The van der Waals surface area contributed by atoms with Crippen molar-refractivity contribution in [2.45, 2.75) is 6.61 Å². The van der Waals surface area contributed by atoms with E-state index in [2.05, 4.69) is 26.2 Å². The quantitative estimate of drug-likeness (QED) is 0.665. The van der Waals surface area contributed by atoms with E-state index in [1.807, 2.05) is 12.1 Å². The number of hydrogen-bond donors (Lipinski definition) is 1. The number of nitrogens with one attached hydrogen (secondary N) is 1. The van der Waals surface area contributed by atoms with Gasteiger partial charge in [-0.1, -0.05) is 0 Å². The number of amides is 1. The van der Waals surface area contributed by atoms with Gasteiger partial charge in [0, 0.05) is 10.7 Å². The summed E-state index contributed by atoms with van der Waals surface area (Å²) in [4.78, 5) is 16.2. The summed E-state index contributed by atoms with van der Waals surface area (Å²) in [6, 6.07) is 14.0. The highest BCUT2D eigenvalue weighted by Crippen LogP contribution is 2.19. The van der Waals surface area contributed by atoms with Crippen molar-refractivity contribution in [2.75, 3.05) is 12.4 Å². The van der Waals surface area contributed by atoms with Gasteiger partial charge < -0.3 is 19.2 Å². The minimum atomic E-state index is -0.370. The third-order valence-corrected chi connectivity index (χ3v) is 3.76. The van der Waals surface area contributed by atoms with Crippen molar-refractivity contribution in [3.63, 3.8) is 0 Å². The van der Waals surface area contributed by atoms with E-state index in [1.54, 1.807) is 49.7 Å². The molecule has 0 saturated carbocycles.